The average Bonchev–Trinajstić information content (AvgIpc) is 2.35. The monoisotopic (exact) mass is 232 g/mol. The Hall–Kier alpha value is -2.02. The normalized spacial score (nSPS) is 9.06. The number of aryl methyl sites for hydroxylation is 1. The lowest BCUT2D eigenvalue weighted by atomic mass is 10.4. The summed E-state index contributed by atoms with van der Waals surface area (Å²) in [6.45, 7) is 4.38. The molecule has 0 aromatic carbocycles. The van der Waals surface area contributed by atoms with E-state index < -0.39 is 0 Å². The maximum Gasteiger partial charge on any atom is 0.220 e. The zero-order chi connectivity index (χ0) is 12.5. The van der Waals surface area contributed by atoms with Crippen molar-refractivity contribution < 1.29 is 9.53 Å². The summed E-state index contributed by atoms with van der Waals surface area (Å²) in [6.07, 6.45) is 2.14. The third-order valence-corrected chi connectivity index (χ3v) is 2.02. The Morgan fingerprint density at radius 1 is 1.47 bits per heavy atom. The Labute approximate surface area is 101 Å². The Morgan fingerprint density at radius 3 is 2.94 bits per heavy atom. The molecule has 17 heavy (non-hydrogen) atoms. The highest BCUT2D eigenvalue weighted by molar-refractivity contribution is 5.75. The van der Waals surface area contributed by atoms with Gasteiger partial charge in [0, 0.05) is 12.1 Å². The summed E-state index contributed by atoms with van der Waals surface area (Å²) in [5.74, 6) is 6.32. The standard InChI is InChI=1S/C13H16N2O2/c1-3-13(16)14-8-4-5-9-17-12-7-6-11(2)15-10-12/h6-7,10H,3,8-9H2,1-2H3,(H,14,16). The highest BCUT2D eigenvalue weighted by atomic mass is 16.5. The summed E-state index contributed by atoms with van der Waals surface area (Å²) in [4.78, 5) is 15.0. The third kappa shape index (κ3) is 5.57. The van der Waals surface area contributed by atoms with E-state index >= 15 is 0 Å². The van der Waals surface area contributed by atoms with Crippen molar-refractivity contribution in [2.24, 2.45) is 0 Å². The first-order valence-electron chi connectivity index (χ1n) is 5.50. The van der Waals surface area contributed by atoms with Gasteiger partial charge in [-0.3, -0.25) is 9.78 Å². The van der Waals surface area contributed by atoms with E-state index in [1.54, 1.807) is 13.1 Å². The molecule has 1 N–H and O–H groups in total. The number of carbonyl (C=O) groups excluding carboxylic acids is 1. The van der Waals surface area contributed by atoms with Crippen LogP contribution in [0.5, 0.6) is 5.75 Å². The lowest BCUT2D eigenvalue weighted by Crippen LogP contribution is -2.22. The van der Waals surface area contributed by atoms with Crippen molar-refractivity contribution in [3.63, 3.8) is 0 Å². The minimum atomic E-state index is 0.00273. The predicted molar refractivity (Wildman–Crippen MR) is 65.5 cm³/mol. The number of ether oxygens (including phenoxy) is 1. The molecule has 0 aliphatic heterocycles. The van der Waals surface area contributed by atoms with Crippen molar-refractivity contribution >= 4 is 5.91 Å². The van der Waals surface area contributed by atoms with Gasteiger partial charge in [0.1, 0.15) is 12.4 Å². The molecule has 0 atom stereocenters. The van der Waals surface area contributed by atoms with Gasteiger partial charge in [0.05, 0.1) is 12.7 Å². The van der Waals surface area contributed by atoms with Crippen molar-refractivity contribution in [2.75, 3.05) is 13.2 Å². The Bertz CT molecular complexity index is 415. The molecule has 1 heterocycles. The smallest absolute Gasteiger partial charge is 0.220 e. The summed E-state index contributed by atoms with van der Waals surface area (Å²) < 4.78 is 5.35. The van der Waals surface area contributed by atoms with E-state index in [2.05, 4.69) is 22.1 Å². The van der Waals surface area contributed by atoms with Crippen LogP contribution in [-0.2, 0) is 4.79 Å². The summed E-state index contributed by atoms with van der Waals surface area (Å²) in [5.41, 5.74) is 0.950. The van der Waals surface area contributed by atoms with Gasteiger partial charge in [-0.1, -0.05) is 18.8 Å². The van der Waals surface area contributed by atoms with Crippen molar-refractivity contribution in [3.8, 4) is 17.6 Å². The van der Waals surface area contributed by atoms with Crippen LogP contribution in [0, 0.1) is 18.8 Å². The molecule has 0 saturated carbocycles. The first-order valence-corrected chi connectivity index (χ1v) is 5.50. The van der Waals surface area contributed by atoms with E-state index in [0.29, 0.717) is 25.3 Å². The number of pyridine rings is 1. The van der Waals surface area contributed by atoms with E-state index in [4.69, 9.17) is 4.74 Å². The zero-order valence-corrected chi connectivity index (χ0v) is 10.1. The molecule has 1 rings (SSSR count). The minimum absolute atomic E-state index is 0.00273. The molecule has 0 spiro atoms. The van der Waals surface area contributed by atoms with E-state index in [-0.39, 0.29) is 5.91 Å². The van der Waals surface area contributed by atoms with Crippen molar-refractivity contribution in [2.45, 2.75) is 20.3 Å². The van der Waals surface area contributed by atoms with Crippen LogP contribution in [0.15, 0.2) is 18.3 Å². The molecular weight excluding hydrogens is 216 g/mol. The van der Waals surface area contributed by atoms with Gasteiger partial charge in [-0.25, -0.2) is 0 Å². The van der Waals surface area contributed by atoms with Crippen molar-refractivity contribution in [3.05, 3.63) is 24.0 Å². The number of nitrogens with one attached hydrogen (secondary N) is 1. The van der Waals surface area contributed by atoms with E-state index in [0.717, 1.165) is 5.69 Å². The molecule has 1 amide bonds. The minimum Gasteiger partial charge on any atom is -0.479 e. The predicted octanol–water partition coefficient (Wildman–Crippen LogP) is 1.30. The molecule has 4 nitrogen and oxygen atoms in total. The van der Waals surface area contributed by atoms with Crippen LogP contribution in [0.25, 0.3) is 0 Å². The number of aromatic nitrogens is 1. The molecular formula is C13H16N2O2. The van der Waals surface area contributed by atoms with Gasteiger partial charge in [0.2, 0.25) is 5.91 Å². The van der Waals surface area contributed by atoms with Crippen LogP contribution in [0.4, 0.5) is 0 Å². The summed E-state index contributed by atoms with van der Waals surface area (Å²) in [7, 11) is 0. The fourth-order valence-corrected chi connectivity index (χ4v) is 1.04. The highest BCUT2D eigenvalue weighted by Crippen LogP contribution is 2.07. The fraction of sp³-hybridized carbons (Fsp3) is 0.385. The van der Waals surface area contributed by atoms with Crippen LogP contribution < -0.4 is 10.1 Å². The van der Waals surface area contributed by atoms with E-state index in [1.165, 1.54) is 0 Å². The van der Waals surface area contributed by atoms with Crippen LogP contribution in [0.3, 0.4) is 0 Å². The summed E-state index contributed by atoms with van der Waals surface area (Å²) >= 11 is 0. The topological polar surface area (TPSA) is 51.2 Å². The first-order chi connectivity index (χ1) is 8.22. The molecule has 0 bridgehead atoms. The second-order valence-electron chi connectivity index (χ2n) is 3.41. The quantitative estimate of drug-likeness (QED) is 0.796. The second-order valence-corrected chi connectivity index (χ2v) is 3.41. The number of nitrogens with zero attached hydrogens (tertiary/aromatic N) is 1. The number of rotatable bonds is 4. The van der Waals surface area contributed by atoms with Gasteiger partial charge < -0.3 is 10.1 Å². The zero-order valence-electron chi connectivity index (χ0n) is 10.1. The van der Waals surface area contributed by atoms with Gasteiger partial charge >= 0.3 is 0 Å². The van der Waals surface area contributed by atoms with Crippen LogP contribution >= 0.6 is 0 Å². The Balaban J connectivity index is 2.21. The van der Waals surface area contributed by atoms with Gasteiger partial charge in [-0.2, -0.15) is 0 Å². The SMILES string of the molecule is CCC(=O)NCC#CCOc1ccc(C)nc1. The molecule has 90 valence electrons. The molecule has 0 saturated heterocycles. The van der Waals surface area contributed by atoms with Gasteiger partial charge in [-0.05, 0) is 19.1 Å². The third-order valence-electron chi connectivity index (χ3n) is 2.02. The lowest BCUT2D eigenvalue weighted by molar-refractivity contribution is -0.120. The molecule has 0 aliphatic carbocycles. The van der Waals surface area contributed by atoms with Crippen LogP contribution in [0.2, 0.25) is 0 Å². The highest BCUT2D eigenvalue weighted by Gasteiger charge is 1.92. The molecule has 1 aromatic heterocycles. The Kier molecular flexibility index (Phi) is 5.59. The average molecular weight is 232 g/mol. The maximum absolute atomic E-state index is 10.9. The molecule has 0 unspecified atom stereocenters. The number of hydrogen-bond acceptors (Lipinski definition) is 3. The summed E-state index contributed by atoms with van der Waals surface area (Å²) in [5, 5.41) is 2.66. The fourth-order valence-electron chi connectivity index (χ4n) is 1.04. The molecule has 0 fully saturated rings. The number of carbonyl (C=O) groups is 1. The number of hydrogen-bond donors (Lipinski definition) is 1. The van der Waals surface area contributed by atoms with Gasteiger partial charge in [-0.15, -0.1) is 0 Å². The van der Waals surface area contributed by atoms with Crippen molar-refractivity contribution in [1.82, 2.24) is 10.3 Å². The van der Waals surface area contributed by atoms with Gasteiger partial charge in [0.15, 0.2) is 0 Å². The second kappa shape index (κ2) is 7.29. The lowest BCUT2D eigenvalue weighted by Gasteiger charge is -2.00. The number of amides is 1. The van der Waals surface area contributed by atoms with Crippen molar-refractivity contribution in [1.29, 1.82) is 0 Å². The summed E-state index contributed by atoms with van der Waals surface area (Å²) in [6, 6.07) is 3.73. The van der Waals surface area contributed by atoms with Gasteiger partial charge in [0.25, 0.3) is 0 Å². The largest absolute Gasteiger partial charge is 0.479 e. The first kappa shape index (κ1) is 13.0. The molecule has 0 radical (unpaired) electrons. The van der Waals surface area contributed by atoms with E-state index in [9.17, 15) is 4.79 Å². The van der Waals surface area contributed by atoms with Crippen LogP contribution in [-0.4, -0.2) is 24.0 Å². The molecule has 0 aliphatic rings. The Morgan fingerprint density at radius 2 is 2.29 bits per heavy atom. The molecule has 1 aromatic rings. The van der Waals surface area contributed by atoms with Crippen LogP contribution in [0.1, 0.15) is 19.0 Å². The van der Waals surface area contributed by atoms with E-state index in [1.807, 2.05) is 19.1 Å². The maximum atomic E-state index is 10.9. The molecule has 4 heteroatoms.